The third-order valence-corrected chi connectivity index (χ3v) is 4.34. The first kappa shape index (κ1) is 17.2. The molecule has 0 aliphatic rings. The van der Waals surface area contributed by atoms with Crippen LogP contribution in [0.2, 0.25) is 0 Å². The number of hydrogen-bond donors (Lipinski definition) is 1. The number of nitrogens with zero attached hydrogens (tertiary/aromatic N) is 1. The Morgan fingerprint density at radius 1 is 1.45 bits per heavy atom. The Morgan fingerprint density at radius 3 is 2.60 bits per heavy atom. The average Bonchev–Trinajstić information content (AvgIpc) is 2.77. The molecule has 1 amide bonds. The molecule has 1 aromatic heterocycles. The van der Waals surface area contributed by atoms with Crippen molar-refractivity contribution in [2.24, 2.45) is 11.1 Å². The third kappa shape index (κ3) is 6.06. The van der Waals surface area contributed by atoms with Gasteiger partial charge in [0.15, 0.2) is 0 Å². The van der Waals surface area contributed by atoms with Crippen molar-refractivity contribution in [1.82, 2.24) is 4.90 Å². The zero-order valence-corrected chi connectivity index (χ0v) is 14.2. The molecule has 0 saturated carbocycles. The van der Waals surface area contributed by atoms with Gasteiger partial charge in [-0.15, -0.1) is 11.3 Å². The van der Waals surface area contributed by atoms with Gasteiger partial charge in [-0.2, -0.15) is 0 Å². The Labute approximate surface area is 127 Å². The van der Waals surface area contributed by atoms with Crippen LogP contribution in [0.3, 0.4) is 0 Å². The minimum absolute atomic E-state index is 0.0566. The van der Waals surface area contributed by atoms with Gasteiger partial charge in [-0.3, -0.25) is 4.79 Å². The van der Waals surface area contributed by atoms with E-state index < -0.39 is 0 Å². The molecular weight excluding hydrogens is 268 g/mol. The summed E-state index contributed by atoms with van der Waals surface area (Å²) in [4.78, 5) is 15.4. The fourth-order valence-electron chi connectivity index (χ4n) is 2.33. The van der Waals surface area contributed by atoms with Crippen LogP contribution in [0.15, 0.2) is 17.5 Å². The van der Waals surface area contributed by atoms with Gasteiger partial charge in [0.2, 0.25) is 5.91 Å². The van der Waals surface area contributed by atoms with Gasteiger partial charge in [-0.25, -0.2) is 0 Å². The van der Waals surface area contributed by atoms with Gasteiger partial charge in [0.25, 0.3) is 0 Å². The van der Waals surface area contributed by atoms with Gasteiger partial charge in [0, 0.05) is 36.9 Å². The predicted molar refractivity (Wildman–Crippen MR) is 86.9 cm³/mol. The summed E-state index contributed by atoms with van der Waals surface area (Å²) in [6.45, 7) is 8.55. The highest BCUT2D eigenvalue weighted by molar-refractivity contribution is 7.09. The van der Waals surface area contributed by atoms with Crippen LogP contribution in [-0.4, -0.2) is 29.9 Å². The minimum atomic E-state index is -0.0566. The molecule has 1 rings (SSSR count). The summed E-state index contributed by atoms with van der Waals surface area (Å²) in [6.07, 6.45) is 2.21. The van der Waals surface area contributed by atoms with Gasteiger partial charge < -0.3 is 10.6 Å². The van der Waals surface area contributed by atoms with E-state index in [-0.39, 0.29) is 23.4 Å². The number of carbonyl (C=O) groups excluding carboxylic acids is 1. The van der Waals surface area contributed by atoms with E-state index >= 15 is 0 Å². The number of thiophene rings is 1. The van der Waals surface area contributed by atoms with Crippen molar-refractivity contribution in [2.45, 2.75) is 59.0 Å². The van der Waals surface area contributed by atoms with Gasteiger partial charge in [-0.05, 0) is 30.2 Å². The zero-order chi connectivity index (χ0) is 15.3. The van der Waals surface area contributed by atoms with E-state index in [2.05, 4.69) is 39.1 Å². The van der Waals surface area contributed by atoms with Gasteiger partial charge in [0.05, 0.1) is 0 Å². The summed E-state index contributed by atoms with van der Waals surface area (Å²) in [5, 5.41) is 2.07. The summed E-state index contributed by atoms with van der Waals surface area (Å²) < 4.78 is 0. The maximum absolute atomic E-state index is 12.3. The standard InChI is InChI=1S/C16H28N2OS/c1-12(9-14-7-6-8-20-14)18(5)15(19)10-13(17)11-16(2,3)4/h6-8,12-13H,9-11,17H2,1-5H3. The first-order chi connectivity index (χ1) is 9.19. The Kier molecular flexibility index (Phi) is 6.21. The number of amides is 1. The van der Waals surface area contributed by atoms with Crippen molar-refractivity contribution >= 4 is 17.2 Å². The summed E-state index contributed by atoms with van der Waals surface area (Å²) in [5.74, 6) is 0.144. The highest BCUT2D eigenvalue weighted by Crippen LogP contribution is 2.21. The molecule has 2 N–H and O–H groups in total. The Hall–Kier alpha value is -0.870. The number of likely N-dealkylation sites (N-methyl/N-ethyl adjacent to an activating group) is 1. The fraction of sp³-hybridized carbons (Fsp3) is 0.688. The van der Waals surface area contributed by atoms with E-state index in [1.165, 1.54) is 4.88 Å². The van der Waals surface area contributed by atoms with Crippen LogP contribution >= 0.6 is 11.3 Å². The van der Waals surface area contributed by atoms with Crippen LogP contribution in [0.1, 0.15) is 45.4 Å². The van der Waals surface area contributed by atoms with Crippen LogP contribution < -0.4 is 5.73 Å². The molecular formula is C16H28N2OS. The molecule has 114 valence electrons. The normalized spacial score (nSPS) is 14.9. The van der Waals surface area contributed by atoms with E-state index in [0.29, 0.717) is 6.42 Å². The van der Waals surface area contributed by atoms with E-state index in [1.807, 2.05) is 18.0 Å². The molecule has 0 saturated heterocycles. The molecule has 2 atom stereocenters. The van der Waals surface area contributed by atoms with Gasteiger partial charge in [-0.1, -0.05) is 26.8 Å². The van der Waals surface area contributed by atoms with Crippen molar-refractivity contribution in [2.75, 3.05) is 7.05 Å². The van der Waals surface area contributed by atoms with Crippen molar-refractivity contribution in [3.63, 3.8) is 0 Å². The highest BCUT2D eigenvalue weighted by Gasteiger charge is 2.22. The van der Waals surface area contributed by atoms with E-state index in [1.54, 1.807) is 11.3 Å². The molecule has 2 unspecified atom stereocenters. The van der Waals surface area contributed by atoms with E-state index in [9.17, 15) is 4.79 Å². The first-order valence-electron chi connectivity index (χ1n) is 7.22. The SMILES string of the molecule is CC(Cc1cccs1)N(C)C(=O)CC(N)CC(C)(C)C. The van der Waals surface area contributed by atoms with Crippen molar-refractivity contribution in [1.29, 1.82) is 0 Å². The smallest absolute Gasteiger partial charge is 0.224 e. The molecule has 0 aliphatic carbocycles. The molecule has 0 spiro atoms. The summed E-state index contributed by atoms with van der Waals surface area (Å²) in [5.41, 5.74) is 6.26. The molecule has 0 fully saturated rings. The maximum atomic E-state index is 12.3. The minimum Gasteiger partial charge on any atom is -0.343 e. The molecule has 20 heavy (non-hydrogen) atoms. The molecule has 0 aliphatic heterocycles. The summed E-state index contributed by atoms with van der Waals surface area (Å²) in [6, 6.07) is 4.32. The molecule has 0 aromatic carbocycles. The number of nitrogens with two attached hydrogens (primary N) is 1. The van der Waals surface area contributed by atoms with Gasteiger partial charge >= 0.3 is 0 Å². The molecule has 0 bridgehead atoms. The summed E-state index contributed by atoms with van der Waals surface area (Å²) >= 11 is 1.74. The second-order valence-corrected chi connectivity index (χ2v) is 7.90. The maximum Gasteiger partial charge on any atom is 0.224 e. The van der Waals surface area contributed by atoms with Crippen LogP contribution in [0.25, 0.3) is 0 Å². The van der Waals surface area contributed by atoms with Crippen LogP contribution in [0.4, 0.5) is 0 Å². The van der Waals surface area contributed by atoms with Crippen LogP contribution in [0, 0.1) is 5.41 Å². The topological polar surface area (TPSA) is 46.3 Å². The predicted octanol–water partition coefficient (Wildman–Crippen LogP) is 3.29. The Bertz CT molecular complexity index is 409. The lowest BCUT2D eigenvalue weighted by Crippen LogP contribution is -2.40. The lowest BCUT2D eigenvalue weighted by molar-refractivity contribution is -0.132. The highest BCUT2D eigenvalue weighted by atomic mass is 32.1. The largest absolute Gasteiger partial charge is 0.343 e. The third-order valence-electron chi connectivity index (χ3n) is 3.44. The first-order valence-corrected chi connectivity index (χ1v) is 8.10. The Balaban J connectivity index is 2.45. The van der Waals surface area contributed by atoms with Gasteiger partial charge in [0.1, 0.15) is 0 Å². The molecule has 1 heterocycles. The lowest BCUT2D eigenvalue weighted by atomic mass is 9.87. The average molecular weight is 296 g/mol. The lowest BCUT2D eigenvalue weighted by Gasteiger charge is -2.28. The second-order valence-electron chi connectivity index (χ2n) is 6.87. The van der Waals surface area contributed by atoms with E-state index in [4.69, 9.17) is 5.73 Å². The second kappa shape index (κ2) is 7.23. The number of hydrogen-bond acceptors (Lipinski definition) is 3. The van der Waals surface area contributed by atoms with Crippen molar-refractivity contribution < 1.29 is 4.79 Å². The molecule has 0 radical (unpaired) electrons. The zero-order valence-electron chi connectivity index (χ0n) is 13.3. The fourth-order valence-corrected chi connectivity index (χ4v) is 3.16. The number of rotatable bonds is 6. The van der Waals surface area contributed by atoms with Crippen LogP contribution in [-0.2, 0) is 11.2 Å². The molecule has 3 nitrogen and oxygen atoms in total. The van der Waals surface area contributed by atoms with Crippen LogP contribution in [0.5, 0.6) is 0 Å². The van der Waals surface area contributed by atoms with E-state index in [0.717, 1.165) is 12.8 Å². The Morgan fingerprint density at radius 2 is 2.10 bits per heavy atom. The number of carbonyl (C=O) groups is 1. The van der Waals surface area contributed by atoms with Crippen molar-refractivity contribution in [3.8, 4) is 0 Å². The monoisotopic (exact) mass is 296 g/mol. The summed E-state index contributed by atoms with van der Waals surface area (Å²) in [7, 11) is 1.88. The molecule has 4 heteroatoms. The quantitative estimate of drug-likeness (QED) is 0.875. The molecule has 1 aromatic rings. The van der Waals surface area contributed by atoms with Crippen molar-refractivity contribution in [3.05, 3.63) is 22.4 Å².